The zero-order chi connectivity index (χ0) is 20.9. The zero-order valence-electron chi connectivity index (χ0n) is 16.3. The number of amides is 1. The molecule has 1 N–H and O–H groups in total. The average Bonchev–Trinajstić information content (AvgIpc) is 2.74. The van der Waals surface area contributed by atoms with Crippen molar-refractivity contribution in [2.45, 2.75) is 31.2 Å². The molecular formula is C21H25ClN2O4S. The van der Waals surface area contributed by atoms with Crippen LogP contribution in [0.1, 0.15) is 25.3 Å². The molecule has 0 bridgehead atoms. The molecule has 8 heteroatoms. The van der Waals surface area contributed by atoms with Crippen LogP contribution in [0.5, 0.6) is 5.75 Å². The van der Waals surface area contributed by atoms with Crippen molar-refractivity contribution in [2.24, 2.45) is 5.92 Å². The molecular weight excluding hydrogens is 412 g/mol. The van der Waals surface area contributed by atoms with Crippen molar-refractivity contribution in [3.05, 3.63) is 59.1 Å². The first-order valence-electron chi connectivity index (χ1n) is 9.65. The maximum Gasteiger partial charge on any atom is 0.243 e. The third kappa shape index (κ3) is 5.50. The first kappa shape index (κ1) is 21.6. The van der Waals surface area contributed by atoms with Gasteiger partial charge in [0.1, 0.15) is 5.75 Å². The quantitative estimate of drug-likeness (QED) is 0.721. The summed E-state index contributed by atoms with van der Waals surface area (Å²) in [6, 6.07) is 13.6. The number of rotatable bonds is 7. The van der Waals surface area contributed by atoms with E-state index in [-0.39, 0.29) is 23.3 Å². The number of halogens is 1. The van der Waals surface area contributed by atoms with Gasteiger partial charge in [-0.05, 0) is 61.7 Å². The molecule has 2 aromatic carbocycles. The Kier molecular flexibility index (Phi) is 7.16. The van der Waals surface area contributed by atoms with Gasteiger partial charge in [0.2, 0.25) is 15.9 Å². The highest BCUT2D eigenvalue weighted by Crippen LogP contribution is 2.25. The largest absolute Gasteiger partial charge is 0.494 e. The summed E-state index contributed by atoms with van der Waals surface area (Å²) in [7, 11) is -3.65. The molecule has 3 rings (SSSR count). The monoisotopic (exact) mass is 436 g/mol. The second-order valence-corrected chi connectivity index (χ2v) is 9.33. The van der Waals surface area contributed by atoms with Gasteiger partial charge in [-0.3, -0.25) is 4.79 Å². The minimum Gasteiger partial charge on any atom is -0.494 e. The Morgan fingerprint density at radius 2 is 1.86 bits per heavy atom. The van der Waals surface area contributed by atoms with Crippen LogP contribution in [0.3, 0.4) is 0 Å². The number of carbonyl (C=O) groups excluding carboxylic acids is 1. The first-order valence-corrected chi connectivity index (χ1v) is 11.5. The lowest BCUT2D eigenvalue weighted by molar-refractivity contribution is -0.126. The van der Waals surface area contributed by atoms with Crippen molar-refractivity contribution in [1.82, 2.24) is 9.62 Å². The molecule has 1 atom stereocenters. The van der Waals surface area contributed by atoms with E-state index in [4.69, 9.17) is 16.3 Å². The van der Waals surface area contributed by atoms with Gasteiger partial charge in [-0.15, -0.1) is 0 Å². The molecule has 1 saturated heterocycles. The number of nitrogens with one attached hydrogen (secondary N) is 1. The molecule has 0 unspecified atom stereocenters. The van der Waals surface area contributed by atoms with Crippen molar-refractivity contribution in [2.75, 3.05) is 19.7 Å². The van der Waals surface area contributed by atoms with Crippen LogP contribution in [0.4, 0.5) is 0 Å². The molecule has 6 nitrogen and oxygen atoms in total. The lowest BCUT2D eigenvalue weighted by Crippen LogP contribution is -2.45. The van der Waals surface area contributed by atoms with Crippen LogP contribution in [-0.2, 0) is 21.4 Å². The lowest BCUT2D eigenvalue weighted by atomic mass is 9.99. The predicted molar refractivity (Wildman–Crippen MR) is 112 cm³/mol. The summed E-state index contributed by atoms with van der Waals surface area (Å²) in [6.45, 7) is 3.37. The summed E-state index contributed by atoms with van der Waals surface area (Å²) in [5.41, 5.74) is 0.942. The first-order chi connectivity index (χ1) is 13.9. The fraction of sp³-hybridized carbons (Fsp3) is 0.381. The van der Waals surface area contributed by atoms with E-state index in [9.17, 15) is 13.2 Å². The predicted octanol–water partition coefficient (Wildman–Crippen LogP) is 3.46. The molecule has 0 aromatic heterocycles. The third-order valence-corrected chi connectivity index (χ3v) is 7.04. The number of sulfonamides is 1. The molecule has 2 aromatic rings. The molecule has 0 aliphatic carbocycles. The van der Waals surface area contributed by atoms with Gasteiger partial charge in [-0.25, -0.2) is 8.42 Å². The summed E-state index contributed by atoms with van der Waals surface area (Å²) in [6.07, 6.45) is 1.32. The Hall–Kier alpha value is -2.09. The van der Waals surface area contributed by atoms with E-state index >= 15 is 0 Å². The number of hydrogen-bond donors (Lipinski definition) is 1. The van der Waals surface area contributed by atoms with Gasteiger partial charge in [0.25, 0.3) is 0 Å². The van der Waals surface area contributed by atoms with Crippen molar-refractivity contribution in [1.29, 1.82) is 0 Å². The Morgan fingerprint density at radius 3 is 2.52 bits per heavy atom. The standard InChI is InChI=1S/C21H25ClN2O4S/c1-2-28-19-9-11-20(12-10-19)29(26,27)24-13-3-4-17(15-24)21(25)23-14-16-5-7-18(22)8-6-16/h5-12,17H,2-4,13-15H2,1H3,(H,23,25)/t17-/m0/s1. The fourth-order valence-electron chi connectivity index (χ4n) is 3.33. The second kappa shape index (κ2) is 9.61. The fourth-order valence-corrected chi connectivity index (χ4v) is 4.98. The molecule has 0 saturated carbocycles. The van der Waals surface area contributed by atoms with Gasteiger partial charge >= 0.3 is 0 Å². The van der Waals surface area contributed by atoms with Crippen LogP contribution in [0.25, 0.3) is 0 Å². The third-order valence-electron chi connectivity index (χ3n) is 4.91. The van der Waals surface area contributed by atoms with E-state index in [1.807, 2.05) is 19.1 Å². The van der Waals surface area contributed by atoms with E-state index < -0.39 is 10.0 Å². The topological polar surface area (TPSA) is 75.7 Å². The maximum atomic E-state index is 13.0. The van der Waals surface area contributed by atoms with Crippen LogP contribution in [0, 0.1) is 5.92 Å². The smallest absolute Gasteiger partial charge is 0.243 e. The van der Waals surface area contributed by atoms with Gasteiger partial charge in [-0.2, -0.15) is 4.31 Å². The Labute approximate surface area is 176 Å². The molecule has 1 aliphatic heterocycles. The molecule has 0 spiro atoms. The minimum absolute atomic E-state index is 0.133. The van der Waals surface area contributed by atoms with E-state index in [0.717, 1.165) is 5.56 Å². The highest BCUT2D eigenvalue weighted by molar-refractivity contribution is 7.89. The molecule has 1 fully saturated rings. The van der Waals surface area contributed by atoms with Crippen LogP contribution in [-0.4, -0.2) is 38.3 Å². The SMILES string of the molecule is CCOc1ccc(S(=O)(=O)N2CCC[C@H](C(=O)NCc3ccc(Cl)cc3)C2)cc1. The Morgan fingerprint density at radius 1 is 1.17 bits per heavy atom. The van der Waals surface area contributed by atoms with Crippen LogP contribution >= 0.6 is 11.6 Å². The van der Waals surface area contributed by atoms with E-state index in [2.05, 4.69) is 5.32 Å². The van der Waals surface area contributed by atoms with Gasteiger partial charge in [-0.1, -0.05) is 23.7 Å². The normalized spacial score (nSPS) is 17.7. The van der Waals surface area contributed by atoms with Gasteiger partial charge < -0.3 is 10.1 Å². The van der Waals surface area contributed by atoms with Gasteiger partial charge in [0, 0.05) is 24.7 Å². The maximum absolute atomic E-state index is 13.0. The summed E-state index contributed by atoms with van der Waals surface area (Å²) in [5.74, 6) is 0.129. The van der Waals surface area contributed by atoms with Crippen molar-refractivity contribution in [3.8, 4) is 5.75 Å². The second-order valence-electron chi connectivity index (χ2n) is 6.95. The molecule has 1 aliphatic rings. The summed E-state index contributed by atoms with van der Waals surface area (Å²) in [5, 5.41) is 3.54. The summed E-state index contributed by atoms with van der Waals surface area (Å²) in [4.78, 5) is 12.8. The van der Waals surface area contributed by atoms with E-state index in [1.165, 1.54) is 4.31 Å². The highest BCUT2D eigenvalue weighted by atomic mass is 35.5. The average molecular weight is 437 g/mol. The number of benzene rings is 2. The summed E-state index contributed by atoms with van der Waals surface area (Å²) >= 11 is 5.87. The van der Waals surface area contributed by atoms with Gasteiger partial charge in [0.05, 0.1) is 17.4 Å². The molecule has 29 heavy (non-hydrogen) atoms. The summed E-state index contributed by atoms with van der Waals surface area (Å²) < 4.78 is 32.7. The van der Waals surface area contributed by atoms with Crippen molar-refractivity contribution >= 4 is 27.5 Å². The Balaban J connectivity index is 1.62. The number of piperidine rings is 1. The molecule has 156 valence electrons. The molecule has 0 radical (unpaired) electrons. The minimum atomic E-state index is -3.65. The van der Waals surface area contributed by atoms with Gasteiger partial charge in [0.15, 0.2) is 0 Å². The Bertz CT molecular complexity index is 930. The van der Waals surface area contributed by atoms with Crippen molar-refractivity contribution < 1.29 is 17.9 Å². The lowest BCUT2D eigenvalue weighted by Gasteiger charge is -2.31. The number of carbonyl (C=O) groups is 1. The van der Waals surface area contributed by atoms with E-state index in [0.29, 0.717) is 43.3 Å². The van der Waals surface area contributed by atoms with Crippen LogP contribution in [0.2, 0.25) is 5.02 Å². The van der Waals surface area contributed by atoms with Crippen LogP contribution < -0.4 is 10.1 Å². The molecule has 1 amide bonds. The van der Waals surface area contributed by atoms with Crippen LogP contribution in [0.15, 0.2) is 53.4 Å². The zero-order valence-corrected chi connectivity index (χ0v) is 17.9. The molecule has 1 heterocycles. The number of nitrogens with zero attached hydrogens (tertiary/aromatic N) is 1. The number of ether oxygens (including phenoxy) is 1. The van der Waals surface area contributed by atoms with E-state index in [1.54, 1.807) is 36.4 Å². The van der Waals surface area contributed by atoms with Crippen molar-refractivity contribution in [3.63, 3.8) is 0 Å². The number of hydrogen-bond acceptors (Lipinski definition) is 4. The highest BCUT2D eigenvalue weighted by Gasteiger charge is 2.33.